The molecule has 0 aromatic rings. The van der Waals surface area contributed by atoms with Gasteiger partial charge in [0.15, 0.2) is 0 Å². The molecule has 0 aromatic heterocycles. The van der Waals surface area contributed by atoms with Crippen LogP contribution in [0.15, 0.2) is 16.8 Å². The van der Waals surface area contributed by atoms with E-state index in [4.69, 9.17) is 5.73 Å². The van der Waals surface area contributed by atoms with E-state index in [2.05, 4.69) is 4.99 Å². The van der Waals surface area contributed by atoms with E-state index >= 15 is 0 Å². The zero-order chi connectivity index (χ0) is 7.98. The van der Waals surface area contributed by atoms with Gasteiger partial charge in [-0.1, -0.05) is 6.92 Å². The molecule has 0 aromatic carbocycles. The summed E-state index contributed by atoms with van der Waals surface area (Å²) >= 11 is 0. The van der Waals surface area contributed by atoms with Crippen molar-refractivity contribution in [2.24, 2.45) is 10.7 Å². The van der Waals surface area contributed by atoms with Crippen LogP contribution in [-0.2, 0) is 0 Å². The quantitative estimate of drug-likeness (QED) is 0.474. The lowest BCUT2D eigenvalue weighted by atomic mass is 10.4. The fourth-order valence-electron chi connectivity index (χ4n) is 0.319. The third kappa shape index (κ3) is 4.06. The van der Waals surface area contributed by atoms with Gasteiger partial charge >= 0.3 is 0 Å². The smallest absolute Gasteiger partial charge is 0.112 e. The van der Waals surface area contributed by atoms with Crippen molar-refractivity contribution in [2.45, 2.75) is 20.3 Å². The Bertz CT molecular complexity index is 132. The highest BCUT2D eigenvalue weighted by Crippen LogP contribution is 1.93. The first-order chi connectivity index (χ1) is 4.70. The molecule has 2 nitrogen and oxygen atoms in total. The molecule has 0 heterocycles. The number of nitrogens with zero attached hydrogens (tertiary/aromatic N) is 1. The van der Waals surface area contributed by atoms with Crippen LogP contribution in [-0.4, -0.2) is 12.5 Å². The third-order valence-corrected chi connectivity index (χ3v) is 1.02. The lowest BCUT2D eigenvalue weighted by molar-refractivity contribution is 0.542. The van der Waals surface area contributed by atoms with Gasteiger partial charge in [-0.25, -0.2) is 9.38 Å². The average molecular weight is 144 g/mol. The maximum Gasteiger partial charge on any atom is 0.112 e. The number of rotatable bonds is 3. The van der Waals surface area contributed by atoms with Gasteiger partial charge in [-0.05, 0) is 12.5 Å². The maximum atomic E-state index is 11.8. The van der Waals surface area contributed by atoms with Crippen LogP contribution in [0.25, 0.3) is 0 Å². The van der Waals surface area contributed by atoms with Crippen LogP contribution < -0.4 is 5.73 Å². The minimum atomic E-state index is -0.458. The van der Waals surface area contributed by atoms with Gasteiger partial charge in [0.2, 0.25) is 0 Å². The number of hydrogen-bond donors (Lipinski definition) is 1. The van der Waals surface area contributed by atoms with E-state index in [1.165, 1.54) is 6.20 Å². The Morgan fingerprint density at radius 1 is 1.70 bits per heavy atom. The fraction of sp³-hybridized carbons (Fsp3) is 0.571. The zero-order valence-electron chi connectivity index (χ0n) is 6.39. The topological polar surface area (TPSA) is 38.4 Å². The van der Waals surface area contributed by atoms with Gasteiger partial charge in [-0.15, -0.1) is 0 Å². The van der Waals surface area contributed by atoms with Crippen LogP contribution >= 0.6 is 0 Å². The van der Waals surface area contributed by atoms with Gasteiger partial charge in [-0.3, -0.25) is 0 Å². The average Bonchev–Trinajstić information content (AvgIpc) is 1.99. The molecule has 0 unspecified atom stereocenters. The molecule has 10 heavy (non-hydrogen) atoms. The van der Waals surface area contributed by atoms with Crippen molar-refractivity contribution in [1.29, 1.82) is 0 Å². The van der Waals surface area contributed by atoms with Crippen LogP contribution in [0.1, 0.15) is 20.3 Å². The van der Waals surface area contributed by atoms with E-state index in [1.54, 1.807) is 6.92 Å². The minimum absolute atomic E-state index is 0.458. The Hall–Kier alpha value is -0.860. The standard InChI is InChI=1S/C7H13FN2/c1-3-7(9)10-5-6(2)4-8/h5H,3-4H2,1-2H3,(H2,9,10)/b6-5+. The highest BCUT2D eigenvalue weighted by molar-refractivity contribution is 5.80. The fourth-order valence-corrected chi connectivity index (χ4v) is 0.319. The summed E-state index contributed by atoms with van der Waals surface area (Å²) < 4.78 is 11.8. The highest BCUT2D eigenvalue weighted by Gasteiger charge is 1.85. The van der Waals surface area contributed by atoms with E-state index in [1.807, 2.05) is 6.92 Å². The summed E-state index contributed by atoms with van der Waals surface area (Å²) in [4.78, 5) is 3.81. The summed E-state index contributed by atoms with van der Waals surface area (Å²) in [7, 11) is 0. The summed E-state index contributed by atoms with van der Waals surface area (Å²) in [5.41, 5.74) is 5.95. The van der Waals surface area contributed by atoms with Gasteiger partial charge in [0, 0.05) is 12.6 Å². The van der Waals surface area contributed by atoms with Gasteiger partial charge in [0.05, 0.1) is 5.84 Å². The largest absolute Gasteiger partial charge is 0.387 e. The molecular weight excluding hydrogens is 131 g/mol. The molecule has 2 N–H and O–H groups in total. The summed E-state index contributed by atoms with van der Waals surface area (Å²) in [6.07, 6.45) is 2.16. The second-order valence-electron chi connectivity index (χ2n) is 2.08. The van der Waals surface area contributed by atoms with Crippen molar-refractivity contribution in [3.63, 3.8) is 0 Å². The van der Waals surface area contributed by atoms with Crippen LogP contribution in [0.3, 0.4) is 0 Å². The predicted molar refractivity (Wildman–Crippen MR) is 41.6 cm³/mol. The second-order valence-corrected chi connectivity index (χ2v) is 2.08. The summed E-state index contributed by atoms with van der Waals surface area (Å²) in [6.45, 7) is 3.12. The monoisotopic (exact) mass is 144 g/mol. The number of alkyl halides is 1. The Labute approximate surface area is 60.6 Å². The van der Waals surface area contributed by atoms with Gasteiger partial charge in [0.1, 0.15) is 6.67 Å². The molecular formula is C7H13FN2. The SMILES string of the molecule is CCC(N)=N/C=C(\C)CF. The molecule has 0 aliphatic heterocycles. The molecule has 0 amide bonds. The Morgan fingerprint density at radius 2 is 2.30 bits per heavy atom. The second kappa shape index (κ2) is 4.97. The van der Waals surface area contributed by atoms with E-state index in [0.29, 0.717) is 17.8 Å². The highest BCUT2D eigenvalue weighted by atomic mass is 19.1. The van der Waals surface area contributed by atoms with Crippen molar-refractivity contribution in [3.05, 3.63) is 11.8 Å². The third-order valence-electron chi connectivity index (χ3n) is 1.02. The lowest BCUT2D eigenvalue weighted by Gasteiger charge is -1.91. The Morgan fingerprint density at radius 3 is 2.70 bits per heavy atom. The van der Waals surface area contributed by atoms with Crippen molar-refractivity contribution in [1.82, 2.24) is 0 Å². The Balaban J connectivity index is 3.91. The first kappa shape index (κ1) is 9.14. The van der Waals surface area contributed by atoms with Crippen LogP contribution in [0.4, 0.5) is 4.39 Å². The summed E-state index contributed by atoms with van der Waals surface area (Å²) in [5, 5.41) is 0. The molecule has 0 saturated heterocycles. The molecule has 0 fully saturated rings. The minimum Gasteiger partial charge on any atom is -0.387 e. The number of hydrogen-bond acceptors (Lipinski definition) is 1. The first-order valence-electron chi connectivity index (χ1n) is 3.24. The van der Waals surface area contributed by atoms with E-state index < -0.39 is 6.67 Å². The van der Waals surface area contributed by atoms with E-state index in [-0.39, 0.29) is 0 Å². The number of allylic oxidation sites excluding steroid dienone is 1. The van der Waals surface area contributed by atoms with Crippen LogP contribution in [0, 0.1) is 0 Å². The normalized spacial score (nSPS) is 13.9. The van der Waals surface area contributed by atoms with Crippen molar-refractivity contribution >= 4 is 5.84 Å². The Kier molecular flexibility index (Phi) is 4.54. The predicted octanol–water partition coefficient (Wildman–Crippen LogP) is 1.63. The molecule has 0 aliphatic rings. The van der Waals surface area contributed by atoms with Crippen molar-refractivity contribution < 1.29 is 4.39 Å². The van der Waals surface area contributed by atoms with Crippen molar-refractivity contribution in [2.75, 3.05) is 6.67 Å². The number of halogens is 1. The van der Waals surface area contributed by atoms with Crippen LogP contribution in [0.2, 0.25) is 0 Å². The zero-order valence-corrected chi connectivity index (χ0v) is 6.39. The maximum absolute atomic E-state index is 11.8. The molecule has 58 valence electrons. The van der Waals surface area contributed by atoms with Crippen molar-refractivity contribution in [3.8, 4) is 0 Å². The van der Waals surface area contributed by atoms with Gasteiger partial charge < -0.3 is 5.73 Å². The molecule has 0 saturated carbocycles. The first-order valence-corrected chi connectivity index (χ1v) is 3.24. The number of aliphatic imine (C=N–C) groups is 1. The molecule has 3 heteroatoms. The van der Waals surface area contributed by atoms with Crippen LogP contribution in [0.5, 0.6) is 0 Å². The summed E-state index contributed by atoms with van der Waals surface area (Å²) in [5.74, 6) is 0.535. The molecule has 0 rings (SSSR count). The molecule has 0 aliphatic carbocycles. The lowest BCUT2D eigenvalue weighted by Crippen LogP contribution is -2.08. The van der Waals surface area contributed by atoms with Gasteiger partial charge in [-0.2, -0.15) is 0 Å². The number of amidine groups is 1. The molecule has 0 radical (unpaired) electrons. The molecule has 0 spiro atoms. The van der Waals surface area contributed by atoms with E-state index in [0.717, 1.165) is 0 Å². The van der Waals surface area contributed by atoms with E-state index in [9.17, 15) is 4.39 Å². The molecule has 0 atom stereocenters. The summed E-state index contributed by atoms with van der Waals surface area (Å²) in [6, 6.07) is 0. The molecule has 0 bridgehead atoms. The number of nitrogens with two attached hydrogens (primary N) is 1. The van der Waals surface area contributed by atoms with Gasteiger partial charge in [0.25, 0.3) is 0 Å².